The van der Waals surface area contributed by atoms with E-state index in [1.165, 1.54) is 4.90 Å². The maximum atomic E-state index is 12.2. The van der Waals surface area contributed by atoms with Crippen LogP contribution < -0.4 is 15.4 Å². The lowest BCUT2D eigenvalue weighted by Crippen LogP contribution is -2.23. The molecule has 0 spiro atoms. The Kier molecular flexibility index (Phi) is 6.60. The van der Waals surface area contributed by atoms with Gasteiger partial charge in [-0.3, -0.25) is 9.59 Å². The highest BCUT2D eigenvalue weighted by Crippen LogP contribution is 2.18. The first kappa shape index (κ1) is 19.3. The van der Waals surface area contributed by atoms with Crippen LogP contribution in [-0.4, -0.2) is 43.5 Å². The van der Waals surface area contributed by atoms with Gasteiger partial charge in [0, 0.05) is 37.1 Å². The fraction of sp³-hybridized carbons (Fsp3) is 0.300. The van der Waals surface area contributed by atoms with Gasteiger partial charge in [0.15, 0.2) is 0 Å². The third-order valence-electron chi connectivity index (χ3n) is 3.46. The number of amides is 2. The van der Waals surface area contributed by atoms with Crippen molar-refractivity contribution in [2.45, 2.75) is 20.0 Å². The minimum absolute atomic E-state index is 0.0886. The van der Waals surface area contributed by atoms with Crippen LogP contribution >= 0.6 is 0 Å². The first-order valence-corrected chi connectivity index (χ1v) is 8.47. The molecule has 2 aromatic carbocycles. The van der Waals surface area contributed by atoms with Crippen LogP contribution in [0, 0.1) is 0 Å². The fourth-order valence-electron chi connectivity index (χ4n) is 2.33. The number of ether oxygens (including phenoxy) is 1. The van der Waals surface area contributed by atoms with Crippen molar-refractivity contribution in [2.24, 2.45) is 0 Å². The van der Waals surface area contributed by atoms with E-state index < -0.39 is 0 Å². The van der Waals surface area contributed by atoms with Gasteiger partial charge in [0.1, 0.15) is 5.75 Å². The molecule has 0 aliphatic carbocycles. The Morgan fingerprint density at radius 1 is 1.04 bits per heavy atom. The summed E-state index contributed by atoms with van der Waals surface area (Å²) in [4.78, 5) is 25.6. The smallest absolute Gasteiger partial charge is 0.253 e. The minimum atomic E-state index is -0.199. The summed E-state index contributed by atoms with van der Waals surface area (Å²) in [6.07, 6.45) is 0.0886. The van der Waals surface area contributed by atoms with E-state index >= 15 is 0 Å². The largest absolute Gasteiger partial charge is 0.491 e. The number of hydrogen-bond donors (Lipinski definition) is 2. The van der Waals surface area contributed by atoms with Crippen molar-refractivity contribution in [3.05, 3.63) is 54.1 Å². The Morgan fingerprint density at radius 3 is 2.42 bits per heavy atom. The van der Waals surface area contributed by atoms with Crippen LogP contribution in [0.4, 0.5) is 11.4 Å². The Morgan fingerprint density at radius 2 is 1.73 bits per heavy atom. The number of benzene rings is 2. The van der Waals surface area contributed by atoms with Gasteiger partial charge in [0.2, 0.25) is 5.91 Å². The van der Waals surface area contributed by atoms with E-state index in [1.54, 1.807) is 38.4 Å². The lowest BCUT2D eigenvalue weighted by molar-refractivity contribution is -0.114. The standard InChI is InChI=1S/C20H25N3O3/c1-14(2)26-18-10-6-8-16(12-18)21-13-19(24)22-17-9-5-7-15(11-17)20(25)23(3)4/h5-12,14,21H,13H2,1-4H3,(H,22,24). The Hall–Kier alpha value is -3.02. The second-order valence-electron chi connectivity index (χ2n) is 6.38. The number of carbonyl (C=O) groups is 2. The highest BCUT2D eigenvalue weighted by atomic mass is 16.5. The van der Waals surface area contributed by atoms with E-state index in [-0.39, 0.29) is 24.5 Å². The van der Waals surface area contributed by atoms with Gasteiger partial charge in [0.25, 0.3) is 5.91 Å². The summed E-state index contributed by atoms with van der Waals surface area (Å²) in [5.74, 6) is 0.441. The van der Waals surface area contributed by atoms with Gasteiger partial charge in [-0.2, -0.15) is 0 Å². The average molecular weight is 355 g/mol. The third-order valence-corrected chi connectivity index (χ3v) is 3.46. The van der Waals surface area contributed by atoms with E-state index in [0.29, 0.717) is 11.3 Å². The average Bonchev–Trinajstić information content (AvgIpc) is 2.59. The molecule has 0 bridgehead atoms. The molecule has 0 heterocycles. The van der Waals surface area contributed by atoms with Crippen LogP contribution in [0.5, 0.6) is 5.75 Å². The number of nitrogens with one attached hydrogen (secondary N) is 2. The quantitative estimate of drug-likeness (QED) is 0.800. The lowest BCUT2D eigenvalue weighted by atomic mass is 10.2. The van der Waals surface area contributed by atoms with Gasteiger partial charge in [0.05, 0.1) is 12.6 Å². The molecule has 0 unspecified atom stereocenters. The number of carbonyl (C=O) groups excluding carboxylic acids is 2. The highest BCUT2D eigenvalue weighted by Gasteiger charge is 2.09. The molecule has 6 heteroatoms. The number of nitrogens with zero attached hydrogens (tertiary/aromatic N) is 1. The van der Waals surface area contributed by atoms with Gasteiger partial charge < -0.3 is 20.3 Å². The molecule has 0 atom stereocenters. The number of hydrogen-bond acceptors (Lipinski definition) is 4. The zero-order valence-corrected chi connectivity index (χ0v) is 15.6. The van der Waals surface area contributed by atoms with Crippen molar-refractivity contribution in [1.82, 2.24) is 4.90 Å². The maximum Gasteiger partial charge on any atom is 0.253 e. The van der Waals surface area contributed by atoms with E-state index in [1.807, 2.05) is 38.1 Å². The summed E-state index contributed by atoms with van der Waals surface area (Å²) in [6, 6.07) is 14.3. The molecule has 138 valence electrons. The molecule has 0 aliphatic heterocycles. The van der Waals surface area contributed by atoms with E-state index in [2.05, 4.69) is 10.6 Å². The molecule has 0 radical (unpaired) electrons. The molecule has 0 aliphatic rings. The Bertz CT molecular complexity index is 772. The molecule has 2 N–H and O–H groups in total. The Balaban J connectivity index is 1.93. The molecular weight excluding hydrogens is 330 g/mol. The van der Waals surface area contributed by atoms with E-state index in [4.69, 9.17) is 4.74 Å². The van der Waals surface area contributed by atoms with E-state index in [0.717, 1.165) is 11.4 Å². The topological polar surface area (TPSA) is 70.7 Å². The predicted octanol–water partition coefficient (Wildman–Crippen LogP) is 3.23. The number of rotatable bonds is 7. The first-order valence-electron chi connectivity index (χ1n) is 8.47. The van der Waals surface area contributed by atoms with Crippen LogP contribution in [0.25, 0.3) is 0 Å². The van der Waals surface area contributed by atoms with Gasteiger partial charge in [-0.05, 0) is 44.2 Å². The zero-order chi connectivity index (χ0) is 19.1. The first-order chi connectivity index (χ1) is 12.3. The number of anilines is 2. The third kappa shape index (κ3) is 5.81. The molecule has 2 rings (SSSR count). The van der Waals surface area contributed by atoms with Crippen molar-refractivity contribution < 1.29 is 14.3 Å². The summed E-state index contributed by atoms with van der Waals surface area (Å²) >= 11 is 0. The summed E-state index contributed by atoms with van der Waals surface area (Å²) in [6.45, 7) is 4.03. The summed E-state index contributed by atoms with van der Waals surface area (Å²) in [7, 11) is 3.38. The molecule has 2 aromatic rings. The van der Waals surface area contributed by atoms with Crippen molar-refractivity contribution in [3.8, 4) is 5.75 Å². The Labute approximate surface area is 154 Å². The van der Waals surface area contributed by atoms with Crippen molar-refractivity contribution in [3.63, 3.8) is 0 Å². The second kappa shape index (κ2) is 8.89. The molecule has 0 saturated heterocycles. The van der Waals surface area contributed by atoms with Gasteiger partial charge >= 0.3 is 0 Å². The molecule has 26 heavy (non-hydrogen) atoms. The summed E-state index contributed by atoms with van der Waals surface area (Å²) < 4.78 is 5.64. The van der Waals surface area contributed by atoms with Crippen LogP contribution in [0.15, 0.2) is 48.5 Å². The SMILES string of the molecule is CC(C)Oc1cccc(NCC(=O)Nc2cccc(C(=O)N(C)C)c2)c1. The maximum absolute atomic E-state index is 12.2. The normalized spacial score (nSPS) is 10.3. The molecule has 2 amide bonds. The van der Waals surface area contributed by atoms with Crippen LogP contribution in [0.2, 0.25) is 0 Å². The van der Waals surface area contributed by atoms with Gasteiger partial charge in [-0.25, -0.2) is 0 Å². The zero-order valence-electron chi connectivity index (χ0n) is 15.6. The highest BCUT2D eigenvalue weighted by molar-refractivity contribution is 5.97. The molecule has 6 nitrogen and oxygen atoms in total. The summed E-state index contributed by atoms with van der Waals surface area (Å²) in [5.41, 5.74) is 1.91. The molecule has 0 aromatic heterocycles. The lowest BCUT2D eigenvalue weighted by Gasteiger charge is -2.13. The van der Waals surface area contributed by atoms with Gasteiger partial charge in [-0.15, -0.1) is 0 Å². The van der Waals surface area contributed by atoms with Crippen LogP contribution in [0.1, 0.15) is 24.2 Å². The second-order valence-corrected chi connectivity index (χ2v) is 6.38. The fourth-order valence-corrected chi connectivity index (χ4v) is 2.33. The van der Waals surface area contributed by atoms with Gasteiger partial charge in [-0.1, -0.05) is 12.1 Å². The monoisotopic (exact) mass is 355 g/mol. The summed E-state index contributed by atoms with van der Waals surface area (Å²) in [5, 5.41) is 5.86. The van der Waals surface area contributed by atoms with E-state index in [9.17, 15) is 9.59 Å². The van der Waals surface area contributed by atoms with Crippen molar-refractivity contribution in [1.29, 1.82) is 0 Å². The predicted molar refractivity (Wildman–Crippen MR) is 104 cm³/mol. The van der Waals surface area contributed by atoms with Crippen molar-refractivity contribution in [2.75, 3.05) is 31.3 Å². The minimum Gasteiger partial charge on any atom is -0.491 e. The molecule has 0 saturated carbocycles. The molecule has 0 fully saturated rings. The van der Waals surface area contributed by atoms with Crippen molar-refractivity contribution >= 4 is 23.2 Å². The molecular formula is C20H25N3O3. The van der Waals surface area contributed by atoms with Crippen LogP contribution in [0.3, 0.4) is 0 Å². The van der Waals surface area contributed by atoms with Crippen LogP contribution in [-0.2, 0) is 4.79 Å².